The van der Waals surface area contributed by atoms with Crippen LogP contribution in [0.4, 0.5) is 4.79 Å². The van der Waals surface area contributed by atoms with Crippen molar-refractivity contribution >= 4 is 11.9 Å². The number of imide groups is 1. The van der Waals surface area contributed by atoms with Crippen molar-refractivity contribution in [1.29, 1.82) is 0 Å². The van der Waals surface area contributed by atoms with Gasteiger partial charge in [-0.25, -0.2) is 4.79 Å². The van der Waals surface area contributed by atoms with Crippen LogP contribution >= 0.6 is 0 Å². The van der Waals surface area contributed by atoms with E-state index in [0.29, 0.717) is 12.6 Å². The summed E-state index contributed by atoms with van der Waals surface area (Å²) in [5.41, 5.74) is 0. The van der Waals surface area contributed by atoms with Crippen LogP contribution in [0.25, 0.3) is 0 Å². The highest BCUT2D eigenvalue weighted by Crippen LogP contribution is 2.00. The molecule has 3 amide bonds. The average Bonchev–Trinajstić information content (AvgIpc) is 2.29. The summed E-state index contributed by atoms with van der Waals surface area (Å²) in [6.45, 7) is 7.51. The van der Waals surface area contributed by atoms with E-state index in [4.69, 9.17) is 0 Å². The summed E-state index contributed by atoms with van der Waals surface area (Å²) in [5.74, 6) is -0.243. The Labute approximate surface area is 102 Å². The molecule has 1 aliphatic heterocycles. The molecule has 1 rings (SSSR count). The largest absolute Gasteiger partial charge is 0.338 e. The number of hydrogen-bond acceptors (Lipinski definition) is 4. The van der Waals surface area contributed by atoms with Crippen molar-refractivity contribution < 1.29 is 9.59 Å². The van der Waals surface area contributed by atoms with Crippen LogP contribution in [0.1, 0.15) is 20.3 Å². The third kappa shape index (κ3) is 5.14. The lowest BCUT2D eigenvalue weighted by Crippen LogP contribution is -2.53. The first kappa shape index (κ1) is 13.9. The van der Waals surface area contributed by atoms with Gasteiger partial charge in [-0.3, -0.25) is 15.0 Å². The topological polar surface area (TPSA) is 73.5 Å². The van der Waals surface area contributed by atoms with E-state index in [9.17, 15) is 9.59 Å². The fraction of sp³-hybridized carbons (Fsp3) is 0.818. The van der Waals surface area contributed by atoms with Crippen molar-refractivity contribution in [3.63, 3.8) is 0 Å². The number of hydrogen-bond donors (Lipinski definition) is 3. The monoisotopic (exact) mass is 242 g/mol. The van der Waals surface area contributed by atoms with Crippen LogP contribution in [-0.4, -0.2) is 55.6 Å². The molecule has 0 aromatic rings. The molecule has 0 radical (unpaired) electrons. The second kappa shape index (κ2) is 7.24. The first-order valence-electron chi connectivity index (χ1n) is 6.16. The van der Waals surface area contributed by atoms with Crippen LogP contribution < -0.4 is 16.0 Å². The number of nitrogens with one attached hydrogen (secondary N) is 3. The van der Waals surface area contributed by atoms with Crippen molar-refractivity contribution in [2.75, 3.05) is 32.7 Å². The van der Waals surface area contributed by atoms with Crippen molar-refractivity contribution in [3.05, 3.63) is 0 Å². The molecule has 0 aliphatic carbocycles. The summed E-state index contributed by atoms with van der Waals surface area (Å²) in [6.07, 6.45) is 0.858. The minimum absolute atomic E-state index is 0.243. The van der Waals surface area contributed by atoms with Crippen LogP contribution in [0.3, 0.4) is 0 Å². The normalized spacial score (nSPS) is 20.9. The van der Waals surface area contributed by atoms with Gasteiger partial charge in [-0.1, -0.05) is 6.92 Å². The van der Waals surface area contributed by atoms with E-state index in [1.54, 1.807) is 0 Å². The Bertz CT molecular complexity index is 270. The highest BCUT2D eigenvalue weighted by molar-refractivity contribution is 5.95. The van der Waals surface area contributed by atoms with Crippen LogP contribution in [0.2, 0.25) is 0 Å². The third-order valence-corrected chi connectivity index (χ3v) is 2.77. The number of piperazine rings is 1. The van der Waals surface area contributed by atoms with E-state index in [1.807, 2.05) is 6.92 Å². The number of carbonyl (C=O) groups is 2. The molecule has 0 unspecified atom stereocenters. The molecule has 0 spiro atoms. The van der Waals surface area contributed by atoms with Crippen LogP contribution in [0.5, 0.6) is 0 Å². The van der Waals surface area contributed by atoms with Crippen LogP contribution in [-0.2, 0) is 4.79 Å². The number of urea groups is 1. The molecular formula is C11H22N4O2. The second-order valence-electron chi connectivity index (χ2n) is 4.33. The average molecular weight is 242 g/mol. The van der Waals surface area contributed by atoms with Gasteiger partial charge in [0, 0.05) is 32.2 Å². The van der Waals surface area contributed by atoms with E-state index in [2.05, 4.69) is 27.8 Å². The maximum Gasteiger partial charge on any atom is 0.321 e. The molecule has 17 heavy (non-hydrogen) atoms. The van der Waals surface area contributed by atoms with E-state index in [-0.39, 0.29) is 12.5 Å². The highest BCUT2D eigenvalue weighted by atomic mass is 16.2. The first-order valence-corrected chi connectivity index (χ1v) is 6.16. The summed E-state index contributed by atoms with van der Waals surface area (Å²) in [6, 6.07) is -0.0761. The predicted octanol–water partition coefficient (Wildman–Crippen LogP) is -0.484. The van der Waals surface area contributed by atoms with Gasteiger partial charge in [-0.05, 0) is 13.3 Å². The molecule has 6 heteroatoms. The lowest BCUT2D eigenvalue weighted by Gasteiger charge is -2.33. The molecule has 1 atom stereocenters. The fourth-order valence-corrected chi connectivity index (χ4v) is 1.75. The van der Waals surface area contributed by atoms with Crippen LogP contribution in [0.15, 0.2) is 0 Å². The molecule has 0 saturated carbocycles. The van der Waals surface area contributed by atoms with Crippen molar-refractivity contribution in [3.8, 4) is 0 Å². The Kier molecular flexibility index (Phi) is 5.93. The molecule has 98 valence electrons. The second-order valence-corrected chi connectivity index (χ2v) is 4.33. The fourth-order valence-electron chi connectivity index (χ4n) is 1.75. The molecule has 1 fully saturated rings. The minimum Gasteiger partial charge on any atom is -0.338 e. The maximum absolute atomic E-state index is 11.6. The quantitative estimate of drug-likeness (QED) is 0.622. The predicted molar refractivity (Wildman–Crippen MR) is 65.7 cm³/mol. The van der Waals surface area contributed by atoms with Gasteiger partial charge in [-0.15, -0.1) is 0 Å². The Balaban J connectivity index is 2.26. The van der Waals surface area contributed by atoms with Crippen LogP contribution in [0, 0.1) is 0 Å². The maximum atomic E-state index is 11.6. The van der Waals surface area contributed by atoms with Gasteiger partial charge in [0.2, 0.25) is 5.91 Å². The standard InChI is InChI=1S/C11H22N4O2/c1-3-4-13-11(17)14-10(16)8-15-6-5-12-7-9(15)2/h9,12H,3-8H2,1-2H3,(H2,13,14,16,17)/t9-/m1/s1. The molecule has 0 bridgehead atoms. The van der Waals surface area contributed by atoms with Crippen molar-refractivity contribution in [2.24, 2.45) is 0 Å². The van der Waals surface area contributed by atoms with Gasteiger partial charge in [-0.2, -0.15) is 0 Å². The van der Waals surface area contributed by atoms with E-state index < -0.39 is 6.03 Å². The molecule has 1 heterocycles. The molecule has 0 aromatic heterocycles. The SMILES string of the molecule is CCCNC(=O)NC(=O)CN1CCNC[C@H]1C. The van der Waals surface area contributed by atoms with Gasteiger partial charge < -0.3 is 10.6 Å². The number of carbonyl (C=O) groups excluding carboxylic acids is 2. The molecule has 6 nitrogen and oxygen atoms in total. The minimum atomic E-state index is -0.403. The zero-order valence-electron chi connectivity index (χ0n) is 10.6. The molecule has 1 aliphatic rings. The summed E-state index contributed by atoms with van der Waals surface area (Å²) < 4.78 is 0. The van der Waals surface area contributed by atoms with Crippen molar-refractivity contribution in [2.45, 2.75) is 26.3 Å². The summed E-state index contributed by atoms with van der Waals surface area (Å²) in [4.78, 5) is 24.9. The van der Waals surface area contributed by atoms with E-state index in [1.165, 1.54) is 0 Å². The third-order valence-electron chi connectivity index (χ3n) is 2.77. The molecule has 0 aromatic carbocycles. The molecule has 3 N–H and O–H groups in total. The zero-order valence-corrected chi connectivity index (χ0v) is 10.6. The summed E-state index contributed by atoms with van der Waals surface area (Å²) in [5, 5.41) is 8.20. The first-order chi connectivity index (χ1) is 8.13. The molecular weight excluding hydrogens is 220 g/mol. The Morgan fingerprint density at radius 1 is 1.47 bits per heavy atom. The highest BCUT2D eigenvalue weighted by Gasteiger charge is 2.20. The Morgan fingerprint density at radius 3 is 2.88 bits per heavy atom. The smallest absolute Gasteiger partial charge is 0.321 e. The zero-order chi connectivity index (χ0) is 12.7. The van der Waals surface area contributed by atoms with Gasteiger partial charge in [0.1, 0.15) is 0 Å². The van der Waals surface area contributed by atoms with E-state index >= 15 is 0 Å². The van der Waals surface area contributed by atoms with Gasteiger partial charge in [0.25, 0.3) is 0 Å². The number of nitrogens with zero attached hydrogens (tertiary/aromatic N) is 1. The molecule has 1 saturated heterocycles. The lowest BCUT2D eigenvalue weighted by atomic mass is 10.2. The van der Waals surface area contributed by atoms with Gasteiger partial charge >= 0.3 is 6.03 Å². The Hall–Kier alpha value is -1.14. The van der Waals surface area contributed by atoms with Gasteiger partial charge in [0.15, 0.2) is 0 Å². The number of amides is 3. The summed E-state index contributed by atoms with van der Waals surface area (Å²) in [7, 11) is 0. The van der Waals surface area contributed by atoms with E-state index in [0.717, 1.165) is 26.1 Å². The lowest BCUT2D eigenvalue weighted by molar-refractivity contribution is -0.121. The summed E-state index contributed by atoms with van der Waals surface area (Å²) >= 11 is 0. The van der Waals surface area contributed by atoms with Gasteiger partial charge in [0.05, 0.1) is 6.54 Å². The van der Waals surface area contributed by atoms with Crippen molar-refractivity contribution in [1.82, 2.24) is 20.9 Å². The Morgan fingerprint density at radius 2 is 2.24 bits per heavy atom. The number of rotatable bonds is 4.